The molecule has 4 heteroatoms. The first kappa shape index (κ1) is 11.0. The number of anilines is 1. The van der Waals surface area contributed by atoms with Gasteiger partial charge in [-0.15, -0.1) is 0 Å². The Morgan fingerprint density at radius 1 is 1.38 bits per heavy atom. The molecule has 2 amide bonds. The second-order valence-electron chi connectivity index (χ2n) is 3.90. The van der Waals surface area contributed by atoms with E-state index in [0.717, 1.165) is 11.3 Å². The molecule has 1 saturated heterocycles. The Bertz CT molecular complexity index is 373. The van der Waals surface area contributed by atoms with Crippen molar-refractivity contribution >= 4 is 11.7 Å². The zero-order valence-electron chi connectivity index (χ0n) is 9.40. The molecule has 2 rings (SSSR count). The Kier molecular flexibility index (Phi) is 3.41. The number of rotatable bonds is 1. The van der Waals surface area contributed by atoms with Gasteiger partial charge in [-0.3, -0.25) is 0 Å². The molecular formula is C12H16N2O2. The maximum atomic E-state index is 11.8. The third-order valence-corrected chi connectivity index (χ3v) is 2.57. The average molecular weight is 220 g/mol. The predicted octanol–water partition coefficient (Wildman–Crippen LogP) is 1.86. The standard InChI is InChI=1S/C12H16N2O2/c1-10-3-2-4-11(9-10)13-12(15)14-5-7-16-8-6-14/h2-4,9H,5-8H2,1H3,(H,13,15). The number of amides is 2. The van der Waals surface area contributed by atoms with Crippen LogP contribution < -0.4 is 5.32 Å². The molecule has 0 atom stereocenters. The van der Waals surface area contributed by atoms with Gasteiger partial charge in [-0.05, 0) is 24.6 Å². The molecule has 1 fully saturated rings. The van der Waals surface area contributed by atoms with Crippen LogP contribution in [0.15, 0.2) is 24.3 Å². The fourth-order valence-electron chi connectivity index (χ4n) is 1.69. The number of carbonyl (C=O) groups excluding carboxylic acids is 1. The number of nitrogens with zero attached hydrogens (tertiary/aromatic N) is 1. The quantitative estimate of drug-likeness (QED) is 0.784. The van der Waals surface area contributed by atoms with Gasteiger partial charge in [0.1, 0.15) is 0 Å². The van der Waals surface area contributed by atoms with Crippen LogP contribution in [0.1, 0.15) is 5.56 Å². The summed E-state index contributed by atoms with van der Waals surface area (Å²) in [5.41, 5.74) is 1.98. The van der Waals surface area contributed by atoms with Crippen molar-refractivity contribution in [2.45, 2.75) is 6.92 Å². The van der Waals surface area contributed by atoms with Crippen molar-refractivity contribution in [2.24, 2.45) is 0 Å². The summed E-state index contributed by atoms with van der Waals surface area (Å²) >= 11 is 0. The number of aryl methyl sites for hydroxylation is 1. The Morgan fingerprint density at radius 3 is 2.81 bits per heavy atom. The molecule has 0 spiro atoms. The van der Waals surface area contributed by atoms with Crippen LogP contribution in [0, 0.1) is 6.92 Å². The van der Waals surface area contributed by atoms with Gasteiger partial charge in [-0.1, -0.05) is 12.1 Å². The third-order valence-electron chi connectivity index (χ3n) is 2.57. The van der Waals surface area contributed by atoms with Crippen molar-refractivity contribution in [1.29, 1.82) is 0 Å². The number of nitrogens with one attached hydrogen (secondary N) is 1. The minimum absolute atomic E-state index is 0.0473. The lowest BCUT2D eigenvalue weighted by molar-refractivity contribution is 0.0564. The number of carbonyl (C=O) groups is 1. The zero-order valence-corrected chi connectivity index (χ0v) is 9.40. The van der Waals surface area contributed by atoms with Crippen LogP contribution in [-0.2, 0) is 4.74 Å². The van der Waals surface area contributed by atoms with E-state index in [2.05, 4.69) is 5.32 Å². The predicted molar refractivity (Wildman–Crippen MR) is 62.6 cm³/mol. The van der Waals surface area contributed by atoms with Gasteiger partial charge in [0.2, 0.25) is 0 Å². The van der Waals surface area contributed by atoms with Crippen molar-refractivity contribution in [2.75, 3.05) is 31.6 Å². The van der Waals surface area contributed by atoms with Crippen LogP contribution in [-0.4, -0.2) is 37.2 Å². The second-order valence-corrected chi connectivity index (χ2v) is 3.90. The van der Waals surface area contributed by atoms with E-state index in [1.54, 1.807) is 4.90 Å². The highest BCUT2D eigenvalue weighted by Gasteiger charge is 2.16. The Balaban J connectivity index is 1.96. The van der Waals surface area contributed by atoms with Gasteiger partial charge in [0.15, 0.2) is 0 Å². The van der Waals surface area contributed by atoms with E-state index in [1.807, 2.05) is 31.2 Å². The molecular weight excluding hydrogens is 204 g/mol. The molecule has 0 radical (unpaired) electrons. The molecule has 1 heterocycles. The lowest BCUT2D eigenvalue weighted by Gasteiger charge is -2.26. The van der Waals surface area contributed by atoms with Crippen LogP contribution >= 0.6 is 0 Å². The first-order valence-electron chi connectivity index (χ1n) is 5.46. The van der Waals surface area contributed by atoms with E-state index in [1.165, 1.54) is 0 Å². The van der Waals surface area contributed by atoms with Crippen molar-refractivity contribution in [3.8, 4) is 0 Å². The molecule has 0 bridgehead atoms. The third kappa shape index (κ3) is 2.73. The molecule has 1 aromatic carbocycles. The summed E-state index contributed by atoms with van der Waals surface area (Å²) in [6, 6.07) is 7.74. The van der Waals surface area contributed by atoms with Gasteiger partial charge >= 0.3 is 6.03 Å². The van der Waals surface area contributed by atoms with Crippen molar-refractivity contribution in [3.63, 3.8) is 0 Å². The van der Waals surface area contributed by atoms with E-state index < -0.39 is 0 Å². The number of morpholine rings is 1. The highest BCUT2D eigenvalue weighted by atomic mass is 16.5. The van der Waals surface area contributed by atoms with Gasteiger partial charge in [0.25, 0.3) is 0 Å². The lowest BCUT2D eigenvalue weighted by atomic mass is 10.2. The fourth-order valence-corrected chi connectivity index (χ4v) is 1.69. The minimum atomic E-state index is -0.0473. The Hall–Kier alpha value is -1.55. The molecule has 1 N–H and O–H groups in total. The van der Waals surface area contributed by atoms with Crippen LogP contribution in [0.25, 0.3) is 0 Å². The summed E-state index contributed by atoms with van der Waals surface area (Å²) in [5.74, 6) is 0. The second kappa shape index (κ2) is 4.99. The van der Waals surface area contributed by atoms with E-state index in [4.69, 9.17) is 4.74 Å². The molecule has 16 heavy (non-hydrogen) atoms. The molecule has 1 aliphatic heterocycles. The number of urea groups is 1. The molecule has 0 aliphatic carbocycles. The number of hydrogen-bond donors (Lipinski definition) is 1. The van der Waals surface area contributed by atoms with Gasteiger partial charge in [0.05, 0.1) is 13.2 Å². The zero-order chi connectivity index (χ0) is 11.4. The average Bonchev–Trinajstić information content (AvgIpc) is 2.30. The van der Waals surface area contributed by atoms with Crippen molar-refractivity contribution < 1.29 is 9.53 Å². The first-order valence-corrected chi connectivity index (χ1v) is 5.46. The summed E-state index contributed by atoms with van der Waals surface area (Å²) in [5, 5.41) is 2.88. The van der Waals surface area contributed by atoms with Gasteiger partial charge in [-0.25, -0.2) is 4.79 Å². The molecule has 1 aromatic rings. The Labute approximate surface area is 95.2 Å². The highest BCUT2D eigenvalue weighted by molar-refractivity contribution is 5.89. The smallest absolute Gasteiger partial charge is 0.321 e. The molecule has 1 aliphatic rings. The van der Waals surface area contributed by atoms with E-state index in [0.29, 0.717) is 26.3 Å². The first-order chi connectivity index (χ1) is 7.75. The van der Waals surface area contributed by atoms with Crippen molar-refractivity contribution in [3.05, 3.63) is 29.8 Å². The summed E-state index contributed by atoms with van der Waals surface area (Å²) < 4.78 is 5.20. The normalized spacial score (nSPS) is 15.9. The number of ether oxygens (including phenoxy) is 1. The fraction of sp³-hybridized carbons (Fsp3) is 0.417. The maximum Gasteiger partial charge on any atom is 0.321 e. The monoisotopic (exact) mass is 220 g/mol. The summed E-state index contributed by atoms with van der Waals surface area (Å²) in [6.45, 7) is 4.59. The summed E-state index contributed by atoms with van der Waals surface area (Å²) in [4.78, 5) is 13.6. The summed E-state index contributed by atoms with van der Waals surface area (Å²) in [6.07, 6.45) is 0. The topological polar surface area (TPSA) is 41.6 Å². The van der Waals surface area contributed by atoms with Gasteiger partial charge < -0.3 is 15.0 Å². The molecule has 86 valence electrons. The van der Waals surface area contributed by atoms with Crippen molar-refractivity contribution in [1.82, 2.24) is 4.90 Å². The van der Waals surface area contributed by atoms with Gasteiger partial charge in [0, 0.05) is 18.8 Å². The van der Waals surface area contributed by atoms with E-state index in [-0.39, 0.29) is 6.03 Å². The van der Waals surface area contributed by atoms with Crippen LogP contribution in [0.3, 0.4) is 0 Å². The molecule has 4 nitrogen and oxygen atoms in total. The van der Waals surface area contributed by atoms with Crippen LogP contribution in [0.4, 0.5) is 10.5 Å². The highest BCUT2D eigenvalue weighted by Crippen LogP contribution is 2.10. The van der Waals surface area contributed by atoms with E-state index in [9.17, 15) is 4.79 Å². The van der Waals surface area contributed by atoms with Crippen LogP contribution in [0.5, 0.6) is 0 Å². The molecule has 0 saturated carbocycles. The van der Waals surface area contributed by atoms with Gasteiger partial charge in [-0.2, -0.15) is 0 Å². The largest absolute Gasteiger partial charge is 0.378 e. The Morgan fingerprint density at radius 2 is 2.12 bits per heavy atom. The summed E-state index contributed by atoms with van der Waals surface area (Å²) in [7, 11) is 0. The maximum absolute atomic E-state index is 11.8. The lowest BCUT2D eigenvalue weighted by Crippen LogP contribution is -2.43. The minimum Gasteiger partial charge on any atom is -0.378 e. The molecule has 0 aromatic heterocycles. The number of benzene rings is 1. The number of hydrogen-bond acceptors (Lipinski definition) is 2. The van der Waals surface area contributed by atoms with Crippen LogP contribution in [0.2, 0.25) is 0 Å². The molecule has 0 unspecified atom stereocenters. The SMILES string of the molecule is Cc1cccc(NC(=O)N2CCOCC2)c1. The van der Waals surface area contributed by atoms with E-state index >= 15 is 0 Å².